The molecule has 0 atom stereocenters. The van der Waals surface area contributed by atoms with Gasteiger partial charge in [-0.25, -0.2) is 0 Å². The summed E-state index contributed by atoms with van der Waals surface area (Å²) in [6.07, 6.45) is 0. The van der Waals surface area contributed by atoms with Gasteiger partial charge in [-0.15, -0.1) is 11.3 Å². The lowest BCUT2D eigenvalue weighted by Gasteiger charge is -2.41. The molecule has 10 aromatic carbocycles. The molecule has 2 aliphatic rings. The van der Waals surface area contributed by atoms with Gasteiger partial charge in [0.15, 0.2) is 0 Å². The van der Waals surface area contributed by atoms with E-state index in [9.17, 15) is 0 Å². The van der Waals surface area contributed by atoms with Gasteiger partial charge < -0.3 is 9.80 Å². The highest BCUT2D eigenvalue weighted by Crippen LogP contribution is 2.64. The lowest BCUT2D eigenvalue weighted by Crippen LogP contribution is -2.32. The van der Waals surface area contributed by atoms with Gasteiger partial charge in [0.05, 0.1) is 5.41 Å². The van der Waals surface area contributed by atoms with Crippen LogP contribution in [0.2, 0.25) is 0 Å². The van der Waals surface area contributed by atoms with Gasteiger partial charge in [-0.3, -0.25) is 0 Å². The number of hydrogen-bond acceptors (Lipinski definition) is 3. The summed E-state index contributed by atoms with van der Waals surface area (Å²) >= 11 is 1.93. The molecular formula is C59H38N2S. The van der Waals surface area contributed by atoms with Crippen molar-refractivity contribution in [2.24, 2.45) is 0 Å². The largest absolute Gasteiger partial charge is 0.310 e. The van der Waals surface area contributed by atoms with Crippen molar-refractivity contribution in [3.8, 4) is 22.3 Å². The van der Waals surface area contributed by atoms with Crippen molar-refractivity contribution in [2.45, 2.75) is 5.41 Å². The first-order valence-corrected chi connectivity index (χ1v) is 22.2. The van der Waals surface area contributed by atoms with Crippen LogP contribution in [0.3, 0.4) is 0 Å². The Labute approximate surface area is 364 Å². The van der Waals surface area contributed by atoms with Crippen LogP contribution < -0.4 is 9.80 Å². The number of rotatable bonds is 6. The monoisotopic (exact) mass is 806 g/mol. The highest BCUT2D eigenvalue weighted by molar-refractivity contribution is 7.26. The molecule has 0 amide bonds. The highest BCUT2D eigenvalue weighted by atomic mass is 32.1. The van der Waals surface area contributed by atoms with Crippen molar-refractivity contribution in [2.75, 3.05) is 9.80 Å². The number of nitrogens with zero attached hydrogens (tertiary/aromatic N) is 2. The topological polar surface area (TPSA) is 6.48 Å². The van der Waals surface area contributed by atoms with E-state index in [0.717, 1.165) is 34.1 Å². The summed E-state index contributed by atoms with van der Waals surface area (Å²) in [7, 11) is 0. The lowest BCUT2D eigenvalue weighted by molar-refractivity contribution is 0.775. The van der Waals surface area contributed by atoms with Crippen molar-refractivity contribution in [3.05, 3.63) is 253 Å². The average molecular weight is 807 g/mol. The maximum absolute atomic E-state index is 2.51. The van der Waals surface area contributed by atoms with E-state index in [0.29, 0.717) is 0 Å². The molecule has 2 aliphatic carbocycles. The van der Waals surface area contributed by atoms with Gasteiger partial charge in [-0.2, -0.15) is 0 Å². The normalized spacial score (nSPS) is 13.0. The minimum absolute atomic E-state index is 0.650. The minimum Gasteiger partial charge on any atom is -0.310 e. The highest BCUT2D eigenvalue weighted by Gasteiger charge is 2.51. The first-order chi connectivity index (χ1) is 30.8. The molecule has 290 valence electrons. The Hall–Kier alpha value is -7.72. The summed E-state index contributed by atoms with van der Waals surface area (Å²) in [5.74, 6) is 0. The quantitative estimate of drug-likeness (QED) is 0.165. The van der Waals surface area contributed by atoms with Crippen molar-refractivity contribution in [1.29, 1.82) is 0 Å². The molecule has 0 radical (unpaired) electrons. The second-order valence-corrected chi connectivity index (χ2v) is 17.4. The maximum Gasteiger partial charge on any atom is 0.0727 e. The molecule has 0 bridgehead atoms. The fourth-order valence-electron chi connectivity index (χ4n) is 10.7. The Morgan fingerprint density at radius 3 is 1.37 bits per heavy atom. The van der Waals surface area contributed by atoms with Crippen LogP contribution in [0, 0.1) is 0 Å². The number of fused-ring (bicyclic) bond motifs is 13. The van der Waals surface area contributed by atoms with Crippen LogP contribution in [0.4, 0.5) is 34.1 Å². The first-order valence-electron chi connectivity index (χ1n) is 21.3. The summed E-state index contributed by atoms with van der Waals surface area (Å²) in [6, 6.07) is 85.3. The Morgan fingerprint density at radius 2 is 0.823 bits per heavy atom. The summed E-state index contributed by atoms with van der Waals surface area (Å²) in [5.41, 5.74) is 16.5. The molecule has 0 fully saturated rings. The van der Waals surface area contributed by atoms with E-state index in [1.165, 1.54) is 75.5 Å². The van der Waals surface area contributed by atoms with Crippen LogP contribution in [0.1, 0.15) is 22.3 Å². The molecular weight excluding hydrogens is 769 g/mol. The van der Waals surface area contributed by atoms with Gasteiger partial charge in [0, 0.05) is 59.9 Å². The molecule has 1 aromatic heterocycles. The number of anilines is 6. The van der Waals surface area contributed by atoms with Crippen LogP contribution in [0.15, 0.2) is 231 Å². The lowest BCUT2D eigenvalue weighted by atomic mass is 9.61. The molecule has 0 N–H and O–H groups in total. The van der Waals surface area contributed by atoms with Crippen LogP contribution >= 0.6 is 11.3 Å². The van der Waals surface area contributed by atoms with Crippen molar-refractivity contribution in [3.63, 3.8) is 0 Å². The third kappa shape index (κ3) is 4.97. The van der Waals surface area contributed by atoms with E-state index >= 15 is 0 Å². The zero-order valence-corrected chi connectivity index (χ0v) is 34.6. The summed E-state index contributed by atoms with van der Waals surface area (Å²) in [5, 5.41) is 5.22. The molecule has 11 aromatic rings. The molecule has 3 heteroatoms. The smallest absolute Gasteiger partial charge is 0.0727 e. The van der Waals surface area contributed by atoms with Crippen molar-refractivity contribution < 1.29 is 0 Å². The van der Waals surface area contributed by atoms with E-state index in [1.54, 1.807) is 0 Å². The Kier molecular flexibility index (Phi) is 7.72. The van der Waals surface area contributed by atoms with E-state index in [4.69, 9.17) is 0 Å². The van der Waals surface area contributed by atoms with Crippen LogP contribution in [0.25, 0.3) is 53.2 Å². The minimum atomic E-state index is -0.650. The predicted octanol–water partition coefficient (Wildman–Crippen LogP) is 16.5. The number of para-hydroxylation sites is 4. The van der Waals surface area contributed by atoms with Crippen molar-refractivity contribution >= 4 is 76.4 Å². The molecule has 0 aliphatic heterocycles. The number of hydrogen-bond donors (Lipinski definition) is 0. The number of benzene rings is 10. The third-order valence-electron chi connectivity index (χ3n) is 13.2. The SMILES string of the molecule is c1ccc(N(c2ccccc2)c2ccc3c(c2)C2(c4cc(N(c5ccccc5)c5ccccc5)ccc4-3)c3ccc4c(sc5ccccc54)c3-c3cccc4cccc2c34)cc1. The number of thiophene rings is 1. The summed E-state index contributed by atoms with van der Waals surface area (Å²) in [6.45, 7) is 0. The fraction of sp³-hybridized carbons (Fsp3) is 0.0169. The molecule has 62 heavy (non-hydrogen) atoms. The predicted molar refractivity (Wildman–Crippen MR) is 263 cm³/mol. The third-order valence-corrected chi connectivity index (χ3v) is 14.4. The van der Waals surface area contributed by atoms with Gasteiger partial charge in [-0.1, -0.05) is 152 Å². The van der Waals surface area contributed by atoms with E-state index in [-0.39, 0.29) is 0 Å². The zero-order chi connectivity index (χ0) is 40.8. The second-order valence-electron chi connectivity index (χ2n) is 16.4. The molecule has 1 spiro atoms. The Bertz CT molecular complexity index is 3310. The van der Waals surface area contributed by atoms with Crippen LogP contribution in [0.5, 0.6) is 0 Å². The fourth-order valence-corrected chi connectivity index (χ4v) is 12.0. The van der Waals surface area contributed by atoms with Crippen LogP contribution in [-0.4, -0.2) is 0 Å². The zero-order valence-electron chi connectivity index (χ0n) is 33.7. The maximum atomic E-state index is 2.51. The Balaban J connectivity index is 1.18. The Morgan fingerprint density at radius 1 is 0.323 bits per heavy atom. The second kappa shape index (κ2) is 13.7. The molecule has 0 saturated carbocycles. The van der Waals surface area contributed by atoms with Crippen LogP contribution in [-0.2, 0) is 5.41 Å². The standard InChI is InChI=1S/C59H38N2S/c1-5-19-40(20-6-1)60(41-21-7-2-8-22-41)44-31-33-46-47-34-32-45(61(42-23-9-3-10-24-42)43-25-11-4-12-26-43)38-54(47)59(53(46)37-44)51-29-16-18-39-17-15-28-50(56(39)51)57-52(59)36-35-49-48-27-13-14-30-55(48)62-58(49)57/h1-38H. The van der Waals surface area contributed by atoms with Crippen molar-refractivity contribution in [1.82, 2.24) is 0 Å². The molecule has 2 nitrogen and oxygen atoms in total. The molecule has 0 unspecified atom stereocenters. The summed E-state index contributed by atoms with van der Waals surface area (Å²) < 4.78 is 2.66. The van der Waals surface area contributed by atoms with E-state index in [1.807, 2.05) is 11.3 Å². The van der Waals surface area contributed by atoms with Gasteiger partial charge in [-0.05, 0) is 129 Å². The van der Waals surface area contributed by atoms with Gasteiger partial charge in [0.1, 0.15) is 0 Å². The van der Waals surface area contributed by atoms with E-state index in [2.05, 4.69) is 240 Å². The van der Waals surface area contributed by atoms with E-state index < -0.39 is 5.41 Å². The average Bonchev–Trinajstić information content (AvgIpc) is 3.85. The van der Waals surface area contributed by atoms with Gasteiger partial charge >= 0.3 is 0 Å². The molecule has 13 rings (SSSR count). The van der Waals surface area contributed by atoms with Gasteiger partial charge in [0.2, 0.25) is 0 Å². The molecule has 1 heterocycles. The van der Waals surface area contributed by atoms with Gasteiger partial charge in [0.25, 0.3) is 0 Å². The first kappa shape index (κ1) is 35.1. The summed E-state index contributed by atoms with van der Waals surface area (Å²) in [4.78, 5) is 4.81. The molecule has 0 saturated heterocycles.